The fourth-order valence-electron chi connectivity index (χ4n) is 3.49. The van der Waals surface area contributed by atoms with E-state index in [1.807, 2.05) is 32.9 Å². The van der Waals surface area contributed by atoms with Crippen molar-refractivity contribution in [1.82, 2.24) is 15.5 Å². The number of nitrogens with one attached hydrogen (secondary N) is 2. The molecule has 170 valence electrons. The van der Waals surface area contributed by atoms with Gasteiger partial charge in [-0.2, -0.15) is 0 Å². The van der Waals surface area contributed by atoms with Crippen LogP contribution in [0, 0.1) is 5.92 Å². The monoisotopic (exact) mass is 429 g/mol. The number of ether oxygens (including phenoxy) is 1. The fourth-order valence-corrected chi connectivity index (χ4v) is 3.49. The molecule has 0 bridgehead atoms. The Kier molecular flexibility index (Phi) is 9.59. The maximum atomic E-state index is 13.0. The summed E-state index contributed by atoms with van der Waals surface area (Å²) in [6.07, 6.45) is 1.64. The third-order valence-corrected chi connectivity index (χ3v) is 5.26. The Labute approximate surface area is 185 Å². The first-order valence-corrected chi connectivity index (χ1v) is 11.0. The van der Waals surface area contributed by atoms with Crippen LogP contribution in [0.5, 0.6) is 5.75 Å². The van der Waals surface area contributed by atoms with Crippen molar-refractivity contribution in [3.63, 3.8) is 0 Å². The molecule has 0 aliphatic carbocycles. The Morgan fingerprint density at radius 1 is 1.06 bits per heavy atom. The van der Waals surface area contributed by atoms with Crippen LogP contribution in [0.1, 0.15) is 56.8 Å². The number of hydrogen-bond donors (Lipinski definition) is 2. The topological polar surface area (TPSA) is 83.8 Å². The van der Waals surface area contributed by atoms with Crippen molar-refractivity contribution in [1.29, 1.82) is 0 Å². The Balaban J connectivity index is 2.04. The molecule has 2 unspecified atom stereocenters. The summed E-state index contributed by atoms with van der Waals surface area (Å²) in [6.45, 7) is 12.5. The lowest BCUT2D eigenvalue weighted by molar-refractivity contribution is -0.124. The molecule has 2 aromatic rings. The van der Waals surface area contributed by atoms with E-state index in [0.29, 0.717) is 24.5 Å². The summed E-state index contributed by atoms with van der Waals surface area (Å²) in [7, 11) is 0. The summed E-state index contributed by atoms with van der Waals surface area (Å²) >= 11 is 0. The average molecular weight is 430 g/mol. The molecule has 0 spiro atoms. The number of rotatable bonds is 12. The first kappa shape index (κ1) is 24.5. The minimum Gasteiger partial charge on any atom is -0.494 e. The molecule has 7 heteroatoms. The van der Waals surface area contributed by atoms with Gasteiger partial charge < -0.3 is 19.8 Å². The first-order valence-electron chi connectivity index (χ1n) is 11.0. The molecule has 2 atom stereocenters. The van der Waals surface area contributed by atoms with Crippen LogP contribution >= 0.6 is 0 Å². The minimum absolute atomic E-state index is 0.0661. The van der Waals surface area contributed by atoms with Crippen molar-refractivity contribution < 1.29 is 18.7 Å². The third kappa shape index (κ3) is 6.85. The lowest BCUT2D eigenvalue weighted by atomic mass is 10.0. The second-order valence-electron chi connectivity index (χ2n) is 7.65. The van der Waals surface area contributed by atoms with E-state index in [0.717, 1.165) is 18.8 Å². The van der Waals surface area contributed by atoms with Gasteiger partial charge in [0.15, 0.2) is 0 Å². The highest BCUT2D eigenvalue weighted by Crippen LogP contribution is 2.20. The molecule has 1 heterocycles. The van der Waals surface area contributed by atoms with Gasteiger partial charge in [-0.3, -0.25) is 14.5 Å². The van der Waals surface area contributed by atoms with Gasteiger partial charge in [-0.25, -0.2) is 0 Å². The molecule has 0 aliphatic rings. The van der Waals surface area contributed by atoms with E-state index in [1.54, 1.807) is 30.5 Å². The molecule has 2 rings (SSSR count). The molecular weight excluding hydrogens is 394 g/mol. The Morgan fingerprint density at radius 2 is 1.74 bits per heavy atom. The lowest BCUT2D eigenvalue weighted by Gasteiger charge is -2.29. The van der Waals surface area contributed by atoms with E-state index in [-0.39, 0.29) is 23.8 Å². The SMILES string of the molecule is CCOc1ccc(C(=O)NC(C(=O)NCC(c2ccco2)N(CC)CC)C(C)C)cc1. The number of carbonyl (C=O) groups is 2. The molecule has 0 fully saturated rings. The van der Waals surface area contributed by atoms with Crippen molar-refractivity contribution in [2.45, 2.75) is 46.7 Å². The summed E-state index contributed by atoms with van der Waals surface area (Å²) in [6, 6.07) is 9.95. The fraction of sp³-hybridized carbons (Fsp3) is 0.500. The van der Waals surface area contributed by atoms with Crippen LogP contribution in [0.4, 0.5) is 0 Å². The van der Waals surface area contributed by atoms with Crippen molar-refractivity contribution >= 4 is 11.8 Å². The maximum absolute atomic E-state index is 13.0. The number of carbonyl (C=O) groups excluding carboxylic acids is 2. The van der Waals surface area contributed by atoms with E-state index in [4.69, 9.17) is 9.15 Å². The Hall–Kier alpha value is -2.80. The number of furan rings is 1. The lowest BCUT2D eigenvalue weighted by Crippen LogP contribution is -2.51. The van der Waals surface area contributed by atoms with Crippen LogP contribution in [-0.4, -0.2) is 49.0 Å². The largest absolute Gasteiger partial charge is 0.494 e. The molecule has 0 radical (unpaired) electrons. The van der Waals surface area contributed by atoms with Gasteiger partial charge in [-0.1, -0.05) is 27.7 Å². The molecule has 0 saturated carbocycles. The van der Waals surface area contributed by atoms with E-state index in [9.17, 15) is 9.59 Å². The van der Waals surface area contributed by atoms with Crippen LogP contribution in [0.3, 0.4) is 0 Å². The minimum atomic E-state index is -0.645. The predicted molar refractivity (Wildman–Crippen MR) is 121 cm³/mol. The van der Waals surface area contributed by atoms with Gasteiger partial charge in [-0.15, -0.1) is 0 Å². The van der Waals surface area contributed by atoms with Gasteiger partial charge in [0, 0.05) is 12.1 Å². The molecule has 0 saturated heterocycles. The zero-order valence-electron chi connectivity index (χ0n) is 19.2. The van der Waals surface area contributed by atoms with E-state index in [2.05, 4.69) is 29.4 Å². The van der Waals surface area contributed by atoms with Gasteiger partial charge in [-0.05, 0) is 62.3 Å². The van der Waals surface area contributed by atoms with Crippen molar-refractivity contribution in [3.8, 4) is 5.75 Å². The number of amides is 2. The van der Waals surface area contributed by atoms with Crippen LogP contribution in [0.2, 0.25) is 0 Å². The van der Waals surface area contributed by atoms with Crippen molar-refractivity contribution in [2.24, 2.45) is 5.92 Å². The standard InChI is InChI=1S/C24H35N3O4/c1-6-27(7-2)20(21-10-9-15-31-21)16-25-24(29)22(17(4)5)26-23(28)18-11-13-19(14-12-18)30-8-3/h9-15,17,20,22H,6-8,16H2,1-5H3,(H,25,29)(H,26,28). The second-order valence-corrected chi connectivity index (χ2v) is 7.65. The molecule has 0 aliphatic heterocycles. The van der Waals surface area contributed by atoms with Gasteiger partial charge >= 0.3 is 0 Å². The maximum Gasteiger partial charge on any atom is 0.251 e. The highest BCUT2D eigenvalue weighted by molar-refractivity contribution is 5.97. The zero-order valence-corrected chi connectivity index (χ0v) is 19.2. The summed E-state index contributed by atoms with van der Waals surface area (Å²) < 4.78 is 11.0. The number of nitrogens with zero attached hydrogens (tertiary/aromatic N) is 1. The third-order valence-electron chi connectivity index (χ3n) is 5.26. The van der Waals surface area contributed by atoms with Crippen LogP contribution in [-0.2, 0) is 4.79 Å². The highest BCUT2D eigenvalue weighted by atomic mass is 16.5. The van der Waals surface area contributed by atoms with Gasteiger partial charge in [0.1, 0.15) is 17.6 Å². The number of likely N-dealkylation sites (N-methyl/N-ethyl adjacent to an activating group) is 1. The normalized spacial score (nSPS) is 13.1. The predicted octanol–water partition coefficient (Wildman–Crippen LogP) is 3.63. The van der Waals surface area contributed by atoms with Crippen LogP contribution in [0.25, 0.3) is 0 Å². The van der Waals surface area contributed by atoms with Crippen molar-refractivity contribution in [2.75, 3.05) is 26.2 Å². The first-order chi connectivity index (χ1) is 14.9. The Morgan fingerprint density at radius 3 is 2.26 bits per heavy atom. The van der Waals surface area contributed by atoms with Crippen LogP contribution in [0.15, 0.2) is 47.1 Å². The van der Waals surface area contributed by atoms with Crippen LogP contribution < -0.4 is 15.4 Å². The summed E-state index contributed by atoms with van der Waals surface area (Å²) in [5.41, 5.74) is 0.485. The number of hydrogen-bond acceptors (Lipinski definition) is 5. The molecule has 1 aromatic heterocycles. The molecule has 31 heavy (non-hydrogen) atoms. The van der Waals surface area contributed by atoms with Gasteiger partial charge in [0.2, 0.25) is 5.91 Å². The highest BCUT2D eigenvalue weighted by Gasteiger charge is 2.27. The molecular formula is C24H35N3O4. The summed E-state index contributed by atoms with van der Waals surface area (Å²) in [5.74, 6) is 0.949. The Bertz CT molecular complexity index is 799. The summed E-state index contributed by atoms with van der Waals surface area (Å²) in [5, 5.41) is 5.88. The molecule has 7 nitrogen and oxygen atoms in total. The molecule has 2 amide bonds. The van der Waals surface area contributed by atoms with Gasteiger partial charge in [0.25, 0.3) is 5.91 Å². The summed E-state index contributed by atoms with van der Waals surface area (Å²) in [4.78, 5) is 27.9. The molecule has 1 aromatic carbocycles. The number of benzene rings is 1. The zero-order chi connectivity index (χ0) is 22.8. The quantitative estimate of drug-likeness (QED) is 0.538. The van der Waals surface area contributed by atoms with E-state index in [1.165, 1.54) is 0 Å². The van der Waals surface area contributed by atoms with E-state index < -0.39 is 6.04 Å². The van der Waals surface area contributed by atoms with Gasteiger partial charge in [0.05, 0.1) is 18.9 Å². The average Bonchev–Trinajstić information content (AvgIpc) is 3.29. The molecule has 2 N–H and O–H groups in total. The second kappa shape index (κ2) is 12.2. The van der Waals surface area contributed by atoms with Crippen molar-refractivity contribution in [3.05, 3.63) is 54.0 Å². The smallest absolute Gasteiger partial charge is 0.251 e. The van der Waals surface area contributed by atoms with E-state index >= 15 is 0 Å².